The third-order valence-corrected chi connectivity index (χ3v) is 4.15. The fourth-order valence-electron chi connectivity index (χ4n) is 2.31. The summed E-state index contributed by atoms with van der Waals surface area (Å²) in [6, 6.07) is 4.68. The van der Waals surface area contributed by atoms with Crippen molar-refractivity contribution in [1.82, 2.24) is 10.3 Å². The quantitative estimate of drug-likeness (QED) is 0.910. The number of aromatic nitrogens is 1. The summed E-state index contributed by atoms with van der Waals surface area (Å²) in [4.78, 5) is 29.8. The Morgan fingerprint density at radius 2 is 2.29 bits per heavy atom. The van der Waals surface area contributed by atoms with Gasteiger partial charge in [0.1, 0.15) is 0 Å². The van der Waals surface area contributed by atoms with Crippen LogP contribution in [0.4, 0.5) is 10.5 Å². The molecule has 2 amide bonds. The monoisotopic (exact) mass is 303 g/mol. The van der Waals surface area contributed by atoms with E-state index in [1.165, 1.54) is 11.3 Å². The molecule has 0 spiro atoms. The summed E-state index contributed by atoms with van der Waals surface area (Å²) in [5, 5.41) is 11.9. The molecule has 0 fully saturated rings. The molecule has 0 bridgehead atoms. The third kappa shape index (κ3) is 2.73. The first-order valence-corrected chi connectivity index (χ1v) is 7.32. The van der Waals surface area contributed by atoms with Gasteiger partial charge in [-0.2, -0.15) is 0 Å². The van der Waals surface area contributed by atoms with Crippen molar-refractivity contribution in [3.63, 3.8) is 0 Å². The highest BCUT2D eigenvalue weighted by atomic mass is 32.1. The van der Waals surface area contributed by atoms with Crippen LogP contribution in [-0.2, 0) is 13.0 Å². The zero-order chi connectivity index (χ0) is 14.8. The van der Waals surface area contributed by atoms with Gasteiger partial charge in [-0.25, -0.2) is 9.59 Å². The van der Waals surface area contributed by atoms with E-state index >= 15 is 0 Å². The van der Waals surface area contributed by atoms with Crippen LogP contribution in [0.1, 0.15) is 20.8 Å². The smallest absolute Gasteiger partial charge is 0.335 e. The lowest BCUT2D eigenvalue weighted by molar-refractivity contribution is 0.0697. The Bertz CT molecular complexity index is 685. The normalized spacial score (nSPS) is 13.0. The van der Waals surface area contributed by atoms with Crippen LogP contribution in [0.5, 0.6) is 0 Å². The van der Waals surface area contributed by atoms with Gasteiger partial charge in [-0.15, -0.1) is 11.3 Å². The van der Waals surface area contributed by atoms with Crippen molar-refractivity contribution < 1.29 is 14.7 Å². The average molecular weight is 303 g/mol. The molecule has 0 unspecified atom stereocenters. The number of nitrogens with one attached hydrogen (secondary N) is 1. The first-order valence-electron chi connectivity index (χ1n) is 6.44. The predicted molar refractivity (Wildman–Crippen MR) is 78.8 cm³/mol. The molecule has 0 aliphatic carbocycles. The minimum Gasteiger partial charge on any atom is -0.478 e. The van der Waals surface area contributed by atoms with Gasteiger partial charge in [0.2, 0.25) is 0 Å². The molecular weight excluding hydrogens is 290 g/mol. The molecular formula is C14H13N3O3S. The number of fused-ring (bicyclic) bond motifs is 1. The first kappa shape index (κ1) is 13.6. The largest absolute Gasteiger partial charge is 0.478 e. The Morgan fingerprint density at radius 3 is 3.00 bits per heavy atom. The number of anilines is 1. The van der Waals surface area contributed by atoms with Crippen LogP contribution in [0, 0.1) is 0 Å². The van der Waals surface area contributed by atoms with E-state index < -0.39 is 5.97 Å². The number of urea groups is 1. The van der Waals surface area contributed by atoms with Gasteiger partial charge in [0.25, 0.3) is 0 Å². The van der Waals surface area contributed by atoms with Gasteiger partial charge < -0.3 is 10.4 Å². The zero-order valence-electron chi connectivity index (χ0n) is 11.1. The van der Waals surface area contributed by atoms with Crippen molar-refractivity contribution in [3.8, 4) is 0 Å². The molecule has 0 radical (unpaired) electrons. The highest BCUT2D eigenvalue weighted by Crippen LogP contribution is 2.29. The second-order valence-electron chi connectivity index (χ2n) is 4.68. The van der Waals surface area contributed by atoms with Crippen LogP contribution in [0.15, 0.2) is 29.9 Å². The topological polar surface area (TPSA) is 82.5 Å². The number of carboxylic acids is 1. The van der Waals surface area contributed by atoms with Crippen LogP contribution in [-0.4, -0.2) is 28.6 Å². The second-order valence-corrected chi connectivity index (χ2v) is 5.65. The molecule has 0 atom stereocenters. The van der Waals surface area contributed by atoms with E-state index in [0.717, 1.165) is 16.9 Å². The van der Waals surface area contributed by atoms with Crippen molar-refractivity contribution in [2.45, 2.75) is 13.0 Å². The molecule has 2 aromatic rings. The summed E-state index contributed by atoms with van der Waals surface area (Å²) < 4.78 is 0. The molecule has 6 nitrogen and oxygen atoms in total. The number of benzene rings is 1. The Hall–Kier alpha value is -2.41. The van der Waals surface area contributed by atoms with Crippen molar-refractivity contribution in [2.24, 2.45) is 0 Å². The molecule has 0 saturated carbocycles. The SMILES string of the molecule is O=C(O)c1ccc2c(c1)N(C(=O)NCc1cncs1)CC2. The van der Waals surface area contributed by atoms with Crippen LogP contribution < -0.4 is 10.2 Å². The standard InChI is InChI=1S/C14H13N3O3S/c18-13(19)10-2-1-9-3-4-17(12(9)5-10)14(20)16-7-11-6-15-8-21-11/h1-2,5-6,8H,3-4,7H2,(H,16,20)(H,18,19). The van der Waals surface area contributed by atoms with Crippen LogP contribution in [0.25, 0.3) is 0 Å². The van der Waals surface area contributed by atoms with Gasteiger partial charge in [0, 0.05) is 23.3 Å². The van der Waals surface area contributed by atoms with Crippen molar-refractivity contribution in [3.05, 3.63) is 45.9 Å². The number of aromatic carboxylic acids is 1. The molecule has 0 saturated heterocycles. The molecule has 1 aliphatic rings. The zero-order valence-corrected chi connectivity index (χ0v) is 11.9. The number of amides is 2. The lowest BCUT2D eigenvalue weighted by atomic mass is 10.1. The summed E-state index contributed by atoms with van der Waals surface area (Å²) >= 11 is 1.48. The first-order chi connectivity index (χ1) is 10.1. The number of nitrogens with zero attached hydrogens (tertiary/aromatic N) is 2. The van der Waals surface area contributed by atoms with Gasteiger partial charge in [0.15, 0.2) is 0 Å². The molecule has 108 valence electrons. The van der Waals surface area contributed by atoms with E-state index in [4.69, 9.17) is 5.11 Å². The Labute approximate surface area is 125 Å². The van der Waals surface area contributed by atoms with Crippen molar-refractivity contribution in [2.75, 3.05) is 11.4 Å². The van der Waals surface area contributed by atoms with E-state index in [1.807, 2.05) is 0 Å². The number of rotatable bonds is 3. The maximum absolute atomic E-state index is 12.2. The third-order valence-electron chi connectivity index (χ3n) is 3.37. The van der Waals surface area contributed by atoms with Gasteiger partial charge in [-0.1, -0.05) is 6.07 Å². The molecule has 1 aliphatic heterocycles. The number of carboxylic acid groups (broad SMARTS) is 1. The highest BCUT2D eigenvalue weighted by Gasteiger charge is 2.25. The fourth-order valence-corrected chi connectivity index (χ4v) is 2.85. The summed E-state index contributed by atoms with van der Waals surface area (Å²) in [5.74, 6) is -0.991. The van der Waals surface area contributed by atoms with Crippen LogP contribution >= 0.6 is 11.3 Å². The number of thiazole rings is 1. The Morgan fingerprint density at radius 1 is 1.43 bits per heavy atom. The van der Waals surface area contributed by atoms with Crippen LogP contribution in [0.3, 0.4) is 0 Å². The van der Waals surface area contributed by atoms with E-state index in [-0.39, 0.29) is 11.6 Å². The number of hydrogen-bond donors (Lipinski definition) is 2. The molecule has 2 N–H and O–H groups in total. The van der Waals surface area contributed by atoms with Gasteiger partial charge in [0.05, 0.1) is 17.6 Å². The van der Waals surface area contributed by atoms with Gasteiger partial charge in [-0.3, -0.25) is 9.88 Å². The number of carbonyl (C=O) groups is 2. The van der Waals surface area contributed by atoms with Crippen molar-refractivity contribution >= 4 is 29.0 Å². The predicted octanol–water partition coefficient (Wildman–Crippen LogP) is 2.11. The fraction of sp³-hybridized carbons (Fsp3) is 0.214. The number of hydrogen-bond acceptors (Lipinski definition) is 4. The molecule has 2 heterocycles. The molecule has 7 heteroatoms. The summed E-state index contributed by atoms with van der Waals surface area (Å²) in [7, 11) is 0. The maximum Gasteiger partial charge on any atom is 0.335 e. The van der Waals surface area contributed by atoms with Gasteiger partial charge >= 0.3 is 12.0 Å². The van der Waals surface area contributed by atoms with E-state index in [2.05, 4.69) is 10.3 Å². The van der Waals surface area contributed by atoms with Crippen molar-refractivity contribution in [1.29, 1.82) is 0 Å². The lowest BCUT2D eigenvalue weighted by Crippen LogP contribution is -2.38. The summed E-state index contributed by atoms with van der Waals surface area (Å²) in [6.45, 7) is 0.987. The lowest BCUT2D eigenvalue weighted by Gasteiger charge is -2.18. The minimum absolute atomic E-state index is 0.191. The summed E-state index contributed by atoms with van der Waals surface area (Å²) in [6.07, 6.45) is 2.45. The van der Waals surface area contributed by atoms with E-state index in [9.17, 15) is 9.59 Å². The van der Waals surface area contributed by atoms with Gasteiger partial charge in [-0.05, 0) is 24.1 Å². The maximum atomic E-state index is 12.2. The van der Waals surface area contributed by atoms with Crippen LogP contribution in [0.2, 0.25) is 0 Å². The molecule has 1 aromatic heterocycles. The Kier molecular flexibility index (Phi) is 3.57. The summed E-state index contributed by atoms with van der Waals surface area (Å²) in [5.41, 5.74) is 3.58. The van der Waals surface area contributed by atoms with E-state index in [1.54, 1.807) is 34.8 Å². The molecule has 1 aromatic carbocycles. The molecule has 3 rings (SSSR count). The number of carbonyl (C=O) groups excluding carboxylic acids is 1. The average Bonchev–Trinajstić information content (AvgIpc) is 3.13. The highest BCUT2D eigenvalue weighted by molar-refractivity contribution is 7.09. The van der Waals surface area contributed by atoms with E-state index in [0.29, 0.717) is 18.8 Å². The Balaban J connectivity index is 1.75. The second kappa shape index (κ2) is 5.53. The minimum atomic E-state index is -0.991. The molecule has 21 heavy (non-hydrogen) atoms.